The van der Waals surface area contributed by atoms with Crippen LogP contribution in [0.3, 0.4) is 0 Å². The van der Waals surface area contributed by atoms with Gasteiger partial charge in [0.05, 0.1) is 67.7 Å². The first-order valence-electron chi connectivity index (χ1n) is 16.1. The summed E-state index contributed by atoms with van der Waals surface area (Å²) in [6.07, 6.45) is 4.07. The van der Waals surface area contributed by atoms with Crippen molar-refractivity contribution in [3.05, 3.63) is 82.9 Å². The van der Waals surface area contributed by atoms with E-state index in [0.717, 1.165) is 24.3 Å². The van der Waals surface area contributed by atoms with Gasteiger partial charge in [-0.05, 0) is 59.7 Å². The van der Waals surface area contributed by atoms with Gasteiger partial charge in [0.2, 0.25) is 11.6 Å². The maximum absolute atomic E-state index is 13.4. The summed E-state index contributed by atoms with van der Waals surface area (Å²) in [7, 11) is -19.0. The van der Waals surface area contributed by atoms with Crippen LogP contribution in [0, 0.1) is 0 Å². The van der Waals surface area contributed by atoms with E-state index in [0.29, 0.717) is 23.3 Å². The van der Waals surface area contributed by atoms with E-state index in [1.165, 1.54) is 26.4 Å². The molecule has 62 heavy (non-hydrogen) atoms. The molecule has 22 nitrogen and oxygen atoms in total. The predicted molar refractivity (Wildman–Crippen MR) is 219 cm³/mol. The second-order valence-electron chi connectivity index (χ2n) is 12.3. The topological polar surface area (TPSA) is 382 Å². The summed E-state index contributed by atoms with van der Waals surface area (Å²) >= 11 is 0. The van der Waals surface area contributed by atoms with Gasteiger partial charge in [-0.25, -0.2) is 33.7 Å². The first-order chi connectivity index (χ1) is 27.9. The summed E-state index contributed by atoms with van der Waals surface area (Å²) in [6, 6.07) is 9.85. The molecule has 0 aromatic heterocycles. The number of hydrazone groups is 2. The predicted octanol–water partition coefficient (Wildman–Crippen LogP) is 0.745. The van der Waals surface area contributed by atoms with Gasteiger partial charge in [-0.15, -0.1) is 0 Å². The van der Waals surface area contributed by atoms with Gasteiger partial charge in [-0.2, -0.15) is 10.2 Å². The van der Waals surface area contributed by atoms with Crippen molar-refractivity contribution in [3.8, 4) is 22.6 Å². The van der Waals surface area contributed by atoms with Crippen LogP contribution in [-0.2, 0) is 40.5 Å². The normalized spacial score (nSPS) is 15.0. The van der Waals surface area contributed by atoms with Gasteiger partial charge in [-0.1, -0.05) is 24.3 Å². The minimum Gasteiger partial charge on any atom is -0.744 e. The summed E-state index contributed by atoms with van der Waals surface area (Å²) in [5.74, 6) is -1.89. The Morgan fingerprint density at radius 3 is 1.13 bits per heavy atom. The van der Waals surface area contributed by atoms with Crippen LogP contribution in [0.2, 0.25) is 0 Å². The van der Waals surface area contributed by atoms with Crippen molar-refractivity contribution < 1.29 is 70.9 Å². The molecule has 0 heterocycles. The Morgan fingerprint density at radius 1 is 0.516 bits per heavy atom. The molecule has 0 amide bonds. The zero-order chi connectivity index (χ0) is 44.3. The number of methoxy groups -OCH3 is 2. The molecule has 2 aliphatic carbocycles. The Kier molecular flexibility index (Phi) is 15.7. The number of nitrogens with two attached hydrogens (primary N) is 2. The maximum atomic E-state index is 13.4. The molecule has 314 valence electrons. The number of ketones is 2. The molecule has 0 atom stereocenters. The van der Waals surface area contributed by atoms with E-state index < -0.39 is 117 Å². The molecule has 0 unspecified atom stereocenters. The number of hydrogen-bond acceptors (Lipinski definition) is 22. The molecule has 0 fully saturated rings. The molecule has 2 aliphatic rings. The Bertz CT molecular complexity index is 2980. The number of anilines is 4. The fourth-order valence-electron chi connectivity index (χ4n) is 6.05. The molecule has 6 N–H and O–H groups in total. The monoisotopic (exact) mass is 1180 g/mol. The van der Waals surface area contributed by atoms with Crippen molar-refractivity contribution in [3.63, 3.8) is 0 Å². The van der Waals surface area contributed by atoms with Crippen LogP contribution in [0.15, 0.2) is 90.5 Å². The molecule has 0 bridgehead atoms. The second-order valence-corrected chi connectivity index (χ2v) is 17.7. The van der Waals surface area contributed by atoms with Crippen LogP contribution in [0.25, 0.3) is 23.3 Å². The average Bonchev–Trinajstić information content (AvgIpc) is 3.15. The van der Waals surface area contributed by atoms with Gasteiger partial charge in [0, 0.05) is 11.1 Å². The van der Waals surface area contributed by atoms with Crippen molar-refractivity contribution in [1.82, 2.24) is 0 Å². The van der Waals surface area contributed by atoms with Gasteiger partial charge in [0.25, 0.3) is 0 Å². The number of Topliss-reactive ketones (excluding diaryl/α,β-unsaturated/α-hetero) is 2. The molecule has 4 aromatic carbocycles. The third-order valence-corrected chi connectivity index (χ3v) is 12.3. The molecule has 6 rings (SSSR count). The molecule has 0 aliphatic heterocycles. The first kappa shape index (κ1) is 51.3. The van der Waals surface area contributed by atoms with E-state index in [4.69, 9.17) is 20.9 Å². The minimum absolute atomic E-state index is 0. The van der Waals surface area contributed by atoms with E-state index >= 15 is 0 Å². The number of ether oxygens (including phenoxy) is 2. The third kappa shape index (κ3) is 10.3. The Morgan fingerprint density at radius 2 is 0.839 bits per heavy atom. The van der Waals surface area contributed by atoms with Gasteiger partial charge in [0.15, 0.2) is 0 Å². The number of rotatable bonds is 11. The van der Waals surface area contributed by atoms with Crippen LogP contribution < -0.4 is 31.8 Å². The van der Waals surface area contributed by atoms with Crippen LogP contribution in [0.4, 0.5) is 22.7 Å². The molecule has 4 aromatic rings. The number of hydrogen-bond donors (Lipinski definition) is 4. The van der Waals surface area contributed by atoms with E-state index in [9.17, 15) is 61.5 Å². The van der Waals surface area contributed by atoms with E-state index in [-0.39, 0.29) is 121 Å². The van der Waals surface area contributed by atoms with Gasteiger partial charge in [0.1, 0.15) is 63.4 Å². The number of carbonyl (C=O) groups is 2. The molecule has 0 saturated heterocycles. The van der Waals surface area contributed by atoms with E-state index in [2.05, 4.69) is 21.1 Å². The zero-order valence-corrected chi connectivity index (χ0v) is 43.7. The SMILES string of the molecule is COc1cc(-c2ccc(NN=C3C=Cc4c(S(=O)(=O)[O-])cc(S(=O)(=O)[O-])c(N)c4C3=O)c(OC)c2)ccc1NN=C1C=Cc2c(S(=O)(=O)[O-])cc(S(=O)(=O)[O-])c(N)c2C1=O.[Ba+2].[Ba+2]. The maximum Gasteiger partial charge on any atom is 2.00 e. The fourth-order valence-corrected chi connectivity index (χ4v) is 8.87. The molecular formula is C34H24Ba2N6O16S4. The smallest absolute Gasteiger partial charge is 0.744 e. The Balaban J connectivity index is 0.00000422. The molecule has 0 spiro atoms. The van der Waals surface area contributed by atoms with Crippen molar-refractivity contribution in [1.29, 1.82) is 0 Å². The third-order valence-electron chi connectivity index (χ3n) is 8.81. The van der Waals surface area contributed by atoms with Crippen molar-refractivity contribution >= 4 is 196 Å². The Labute approximate surface area is 433 Å². The van der Waals surface area contributed by atoms with E-state index in [1.807, 2.05) is 0 Å². The van der Waals surface area contributed by atoms with Crippen LogP contribution in [0.5, 0.6) is 11.5 Å². The molecule has 0 saturated carbocycles. The van der Waals surface area contributed by atoms with Gasteiger partial charge in [-0.3, -0.25) is 20.4 Å². The quantitative estimate of drug-likeness (QED) is 0.0696. The summed E-state index contributed by atoms with van der Waals surface area (Å²) < 4.78 is 153. The summed E-state index contributed by atoms with van der Waals surface area (Å²) in [5.41, 5.74) is 13.1. The number of fused-ring (bicyclic) bond motifs is 2. The molecule has 28 heteroatoms. The summed E-state index contributed by atoms with van der Waals surface area (Å²) in [5, 5.41) is 8.00. The first-order valence-corrected chi connectivity index (χ1v) is 21.8. The standard InChI is InChI=1S/C34H28N6O16S4.2Ba/c1-55-23-11-15(3-7-19(23)37-39-21-9-5-17-25(57(43,44)45)13-27(59(49,50)51)31(35)29(17)33(21)41)16-4-8-20(24(12-16)56-2)38-40-22-10-6-18-26(58(46,47)48)14-28(60(52,53)54)32(36)30(18)34(22)42;;/h3-14,37-38H,35-36H2,1-2H3,(H,43,44,45)(H,46,47,48)(H,49,50,51)(H,52,53,54);;/q;2*+2/p-4. The Hall–Kier alpha value is -3.38. The van der Waals surface area contributed by atoms with Crippen LogP contribution in [0.1, 0.15) is 31.8 Å². The van der Waals surface area contributed by atoms with Crippen LogP contribution >= 0.6 is 0 Å². The number of carbonyl (C=O) groups excluding carboxylic acids is 2. The number of benzene rings is 4. The molecule has 0 radical (unpaired) electrons. The average molecular weight is 1180 g/mol. The van der Waals surface area contributed by atoms with Crippen molar-refractivity contribution in [2.75, 3.05) is 36.5 Å². The second kappa shape index (κ2) is 19.0. The van der Waals surface area contributed by atoms with E-state index in [1.54, 1.807) is 24.3 Å². The zero-order valence-electron chi connectivity index (χ0n) is 31.6. The molecular weight excluding hydrogens is 1150 g/mol. The summed E-state index contributed by atoms with van der Waals surface area (Å²) in [4.78, 5) is 21.9. The number of nitrogens with one attached hydrogen (secondary N) is 2. The fraction of sp³-hybridized carbons (Fsp3) is 0.0588. The largest absolute Gasteiger partial charge is 2.00 e. The number of nitrogens with zero attached hydrogens (tertiary/aromatic N) is 2. The summed E-state index contributed by atoms with van der Waals surface area (Å²) in [6.45, 7) is 0. The minimum atomic E-state index is -5.43. The van der Waals surface area contributed by atoms with Gasteiger partial charge >= 0.3 is 97.8 Å². The van der Waals surface area contributed by atoms with Crippen molar-refractivity contribution in [2.45, 2.75) is 19.6 Å². The van der Waals surface area contributed by atoms with Crippen LogP contribution in [-0.4, -0.2) is 187 Å². The van der Waals surface area contributed by atoms with Crippen molar-refractivity contribution in [2.24, 2.45) is 10.2 Å². The number of nitrogen functional groups attached to an aromatic ring is 2. The van der Waals surface area contributed by atoms with Gasteiger partial charge < -0.3 is 39.2 Å². The number of allylic oxidation sites excluding steroid dienone is 2.